The van der Waals surface area contributed by atoms with E-state index in [9.17, 15) is 9.59 Å². The molecule has 1 aliphatic heterocycles. The third kappa shape index (κ3) is 4.64. The summed E-state index contributed by atoms with van der Waals surface area (Å²) >= 11 is 12.3. The van der Waals surface area contributed by atoms with Crippen LogP contribution in [0, 0.1) is 0 Å². The topological polar surface area (TPSA) is 76.5 Å². The van der Waals surface area contributed by atoms with Crippen LogP contribution in [0.15, 0.2) is 60.7 Å². The van der Waals surface area contributed by atoms with Crippen molar-refractivity contribution in [2.24, 2.45) is 0 Å². The van der Waals surface area contributed by atoms with Gasteiger partial charge in [0.1, 0.15) is 5.82 Å². The van der Waals surface area contributed by atoms with Gasteiger partial charge in [0.2, 0.25) is 5.88 Å². The summed E-state index contributed by atoms with van der Waals surface area (Å²) in [4.78, 5) is 32.5. The van der Waals surface area contributed by atoms with Crippen LogP contribution >= 0.6 is 23.2 Å². The van der Waals surface area contributed by atoms with Gasteiger partial charge in [-0.05, 0) is 41.3 Å². The van der Waals surface area contributed by atoms with Gasteiger partial charge >= 0.3 is 6.09 Å². The van der Waals surface area contributed by atoms with Crippen LogP contribution in [0.1, 0.15) is 34.6 Å². The van der Waals surface area contributed by atoms with Gasteiger partial charge in [0.25, 0.3) is 5.91 Å². The molecule has 0 radical (unpaired) electrons. The van der Waals surface area contributed by atoms with Crippen LogP contribution in [0.5, 0.6) is 5.88 Å². The second-order valence-electron chi connectivity index (χ2n) is 8.61. The third-order valence-corrected chi connectivity index (χ3v) is 7.16. The van der Waals surface area contributed by atoms with Crippen molar-refractivity contribution in [3.8, 4) is 5.88 Å². The van der Waals surface area contributed by atoms with Gasteiger partial charge in [-0.3, -0.25) is 14.3 Å². The number of amides is 2. The molecule has 0 unspecified atom stereocenters. The Morgan fingerprint density at radius 2 is 1.83 bits per heavy atom. The maximum absolute atomic E-state index is 13.6. The van der Waals surface area contributed by atoms with E-state index < -0.39 is 6.09 Å². The number of benzene rings is 3. The summed E-state index contributed by atoms with van der Waals surface area (Å²) in [6, 6.07) is 18.5. The average molecular weight is 523 g/mol. The van der Waals surface area contributed by atoms with E-state index in [2.05, 4.69) is 5.32 Å². The normalized spacial score (nSPS) is 12.8. The Morgan fingerprint density at radius 1 is 1.06 bits per heavy atom. The summed E-state index contributed by atoms with van der Waals surface area (Å²) in [7, 11) is 1.65. The molecule has 184 valence electrons. The highest BCUT2D eigenvalue weighted by Crippen LogP contribution is 2.34. The molecule has 0 atom stereocenters. The Balaban J connectivity index is 1.42. The van der Waals surface area contributed by atoms with Crippen molar-refractivity contribution in [1.29, 1.82) is 0 Å². The zero-order chi connectivity index (χ0) is 25.2. The van der Waals surface area contributed by atoms with Crippen LogP contribution in [0.25, 0.3) is 10.8 Å². The number of nitrogens with zero attached hydrogens (tertiary/aromatic N) is 3. The fourth-order valence-corrected chi connectivity index (χ4v) is 4.81. The van der Waals surface area contributed by atoms with Gasteiger partial charge in [0.15, 0.2) is 5.82 Å². The highest BCUT2D eigenvalue weighted by molar-refractivity contribution is 6.42. The Hall–Kier alpha value is -3.55. The number of halogens is 2. The Morgan fingerprint density at radius 3 is 2.69 bits per heavy atom. The van der Waals surface area contributed by atoms with Gasteiger partial charge in [0, 0.05) is 32.1 Å². The number of rotatable bonds is 5. The van der Waals surface area contributed by atoms with E-state index in [0.29, 0.717) is 33.5 Å². The number of hydrogen-bond donors (Lipinski definition) is 1. The molecule has 0 saturated carbocycles. The van der Waals surface area contributed by atoms with E-state index in [-0.39, 0.29) is 18.3 Å². The predicted molar refractivity (Wildman–Crippen MR) is 141 cm³/mol. The molecule has 36 heavy (non-hydrogen) atoms. The van der Waals surface area contributed by atoms with Crippen LogP contribution in [0.3, 0.4) is 0 Å². The van der Waals surface area contributed by atoms with Crippen LogP contribution in [0.2, 0.25) is 10.0 Å². The quantitative estimate of drug-likeness (QED) is 0.336. The number of hydrogen-bond acceptors (Lipinski definition) is 4. The zero-order valence-electron chi connectivity index (χ0n) is 19.6. The molecule has 0 bridgehead atoms. The van der Waals surface area contributed by atoms with E-state index >= 15 is 0 Å². The average Bonchev–Trinajstić information content (AvgIpc) is 3.26. The van der Waals surface area contributed by atoms with E-state index in [4.69, 9.17) is 32.9 Å². The van der Waals surface area contributed by atoms with Gasteiger partial charge in [-0.1, -0.05) is 71.7 Å². The van der Waals surface area contributed by atoms with E-state index in [1.165, 1.54) is 4.90 Å². The molecule has 3 aromatic carbocycles. The summed E-state index contributed by atoms with van der Waals surface area (Å²) in [6.07, 6.45) is 1.98. The van der Waals surface area contributed by atoms with Gasteiger partial charge < -0.3 is 10.1 Å². The standard InChI is InChI=1S/C27H24Cl2N4O3/c1-32(25(34)20-12-6-9-17-8-2-3-11-19(17)20)24-26(33-15-5-4-14-22(33)31-24)36-27(35)30-16-18-10-7-13-21(28)23(18)29/h2-3,6-13H,4-5,14-16H2,1H3,(H,30,35). The number of anilines is 1. The van der Waals surface area contributed by atoms with Crippen molar-refractivity contribution < 1.29 is 14.3 Å². The first kappa shape index (κ1) is 24.2. The molecule has 7 nitrogen and oxygen atoms in total. The maximum Gasteiger partial charge on any atom is 0.414 e. The van der Waals surface area contributed by atoms with Crippen LogP contribution in [0.4, 0.5) is 10.6 Å². The minimum Gasteiger partial charge on any atom is -0.389 e. The monoisotopic (exact) mass is 522 g/mol. The first-order chi connectivity index (χ1) is 17.4. The van der Waals surface area contributed by atoms with Crippen molar-refractivity contribution in [1.82, 2.24) is 14.9 Å². The van der Waals surface area contributed by atoms with Crippen LogP contribution in [-0.2, 0) is 19.5 Å². The molecule has 0 saturated heterocycles. The van der Waals surface area contributed by atoms with Gasteiger partial charge in [0.05, 0.1) is 10.0 Å². The first-order valence-corrected chi connectivity index (χ1v) is 12.4. The Labute approximate surface area is 218 Å². The minimum atomic E-state index is -0.674. The van der Waals surface area contributed by atoms with Crippen molar-refractivity contribution in [2.45, 2.75) is 32.4 Å². The number of imidazole rings is 1. The first-order valence-electron chi connectivity index (χ1n) is 11.7. The zero-order valence-corrected chi connectivity index (χ0v) is 21.1. The molecule has 0 aliphatic carbocycles. The van der Waals surface area contributed by atoms with Crippen LogP contribution < -0.4 is 15.0 Å². The second kappa shape index (κ2) is 10.2. The lowest BCUT2D eigenvalue weighted by Gasteiger charge is -2.19. The molecule has 0 fully saturated rings. The molecule has 1 N–H and O–H groups in total. The minimum absolute atomic E-state index is 0.138. The fourth-order valence-electron chi connectivity index (χ4n) is 4.43. The fraction of sp³-hybridized carbons (Fsp3) is 0.222. The number of ether oxygens (including phenoxy) is 1. The molecule has 5 rings (SSSR count). The molecule has 4 aromatic rings. The smallest absolute Gasteiger partial charge is 0.389 e. The largest absolute Gasteiger partial charge is 0.414 e. The highest BCUT2D eigenvalue weighted by Gasteiger charge is 2.29. The number of carbonyl (C=O) groups is 2. The molecule has 0 spiro atoms. The number of carbonyl (C=O) groups excluding carboxylic acids is 2. The summed E-state index contributed by atoms with van der Waals surface area (Å²) in [6.45, 7) is 0.792. The number of nitrogens with one attached hydrogen (secondary N) is 1. The number of fused-ring (bicyclic) bond motifs is 2. The summed E-state index contributed by atoms with van der Waals surface area (Å²) in [5.41, 5.74) is 1.22. The van der Waals surface area contributed by atoms with Crippen molar-refractivity contribution in [3.63, 3.8) is 0 Å². The maximum atomic E-state index is 13.6. The molecular formula is C27H24Cl2N4O3. The summed E-state index contributed by atoms with van der Waals surface area (Å²) in [5.74, 6) is 1.10. The Bertz CT molecular complexity index is 1460. The van der Waals surface area contributed by atoms with Gasteiger partial charge in [-0.25, -0.2) is 9.78 Å². The Kier molecular flexibility index (Phi) is 6.85. The van der Waals surface area contributed by atoms with Crippen LogP contribution in [-0.4, -0.2) is 28.6 Å². The van der Waals surface area contributed by atoms with Crippen molar-refractivity contribution in [2.75, 3.05) is 11.9 Å². The molecule has 1 aliphatic rings. The molecule has 2 heterocycles. The lowest BCUT2D eigenvalue weighted by Crippen LogP contribution is -2.30. The SMILES string of the molecule is CN(C(=O)c1cccc2ccccc12)c1nc2n(c1OC(=O)NCc1cccc(Cl)c1Cl)CCCC2. The van der Waals surface area contributed by atoms with Gasteiger partial charge in [-0.2, -0.15) is 0 Å². The predicted octanol–water partition coefficient (Wildman–Crippen LogP) is 6.24. The molecule has 1 aromatic heterocycles. The second-order valence-corrected chi connectivity index (χ2v) is 9.40. The summed E-state index contributed by atoms with van der Waals surface area (Å²) in [5, 5.41) is 5.31. The van der Waals surface area contributed by atoms with E-state index in [1.54, 1.807) is 31.3 Å². The number of aryl methyl sites for hydroxylation is 1. The van der Waals surface area contributed by atoms with Crippen molar-refractivity contribution in [3.05, 3.63) is 87.7 Å². The lowest BCUT2D eigenvalue weighted by molar-refractivity contribution is 0.0993. The van der Waals surface area contributed by atoms with Gasteiger partial charge in [-0.15, -0.1) is 0 Å². The van der Waals surface area contributed by atoms with E-state index in [1.807, 2.05) is 41.0 Å². The summed E-state index contributed by atoms with van der Waals surface area (Å²) < 4.78 is 7.62. The van der Waals surface area contributed by atoms with E-state index in [0.717, 1.165) is 35.9 Å². The third-order valence-electron chi connectivity index (χ3n) is 6.30. The molecule has 9 heteroatoms. The highest BCUT2D eigenvalue weighted by atomic mass is 35.5. The van der Waals surface area contributed by atoms with Crippen molar-refractivity contribution >= 4 is 51.8 Å². The lowest BCUT2D eigenvalue weighted by atomic mass is 10.0. The molecule has 2 amide bonds. The number of aromatic nitrogens is 2. The molecular weight excluding hydrogens is 499 g/mol.